The summed E-state index contributed by atoms with van der Waals surface area (Å²) < 4.78 is 5.67. The van der Waals surface area contributed by atoms with Gasteiger partial charge in [0.15, 0.2) is 5.76 Å². The van der Waals surface area contributed by atoms with E-state index in [0.29, 0.717) is 5.76 Å². The number of hydrogen-bond acceptors (Lipinski definition) is 2. The number of aryl methyl sites for hydroxylation is 2. The third kappa shape index (κ3) is 1.45. The summed E-state index contributed by atoms with van der Waals surface area (Å²) in [7, 11) is 0. The predicted molar refractivity (Wildman–Crippen MR) is 62.7 cm³/mol. The van der Waals surface area contributed by atoms with E-state index in [9.17, 15) is 4.79 Å². The van der Waals surface area contributed by atoms with Crippen molar-refractivity contribution in [1.82, 2.24) is 0 Å². The van der Waals surface area contributed by atoms with Gasteiger partial charge in [0.1, 0.15) is 5.58 Å². The van der Waals surface area contributed by atoms with Crippen LogP contribution in [0.1, 0.15) is 34.5 Å². The van der Waals surface area contributed by atoms with Crippen LogP contribution in [0.4, 0.5) is 0 Å². The number of fused-ring (bicyclic) bond motifs is 1. The lowest BCUT2D eigenvalue weighted by Gasteiger charge is -1.96. The standard InChI is InChI=1S/C14H14O2/c1-8-5-9(2)14-11(6-8)7-12(16-14)13(15)10-3-4-10/h5-7,10H,3-4H2,1-2H3. The molecule has 0 radical (unpaired) electrons. The maximum absolute atomic E-state index is 11.9. The Labute approximate surface area is 94.3 Å². The lowest BCUT2D eigenvalue weighted by molar-refractivity contribution is 0.0942. The van der Waals surface area contributed by atoms with Gasteiger partial charge in [0.2, 0.25) is 5.78 Å². The number of Topliss-reactive ketones (excluding diaryl/α,β-unsaturated/α-hetero) is 1. The van der Waals surface area contributed by atoms with Crippen LogP contribution in [0.25, 0.3) is 11.0 Å². The Morgan fingerprint density at radius 3 is 2.69 bits per heavy atom. The highest BCUT2D eigenvalue weighted by Gasteiger charge is 2.32. The van der Waals surface area contributed by atoms with E-state index in [2.05, 4.69) is 19.1 Å². The first-order valence-corrected chi connectivity index (χ1v) is 5.70. The Bertz CT molecular complexity index is 574. The zero-order valence-electron chi connectivity index (χ0n) is 9.54. The van der Waals surface area contributed by atoms with Crippen molar-refractivity contribution in [3.8, 4) is 0 Å². The Morgan fingerprint density at radius 2 is 2.00 bits per heavy atom. The van der Waals surface area contributed by atoms with Crippen molar-refractivity contribution in [3.05, 3.63) is 35.1 Å². The van der Waals surface area contributed by atoms with E-state index < -0.39 is 0 Å². The van der Waals surface area contributed by atoms with Crippen LogP contribution in [-0.2, 0) is 0 Å². The van der Waals surface area contributed by atoms with Crippen molar-refractivity contribution < 1.29 is 9.21 Å². The minimum Gasteiger partial charge on any atom is -0.453 e. The molecule has 1 aromatic carbocycles. The first kappa shape index (κ1) is 9.64. The van der Waals surface area contributed by atoms with Crippen molar-refractivity contribution in [2.45, 2.75) is 26.7 Å². The van der Waals surface area contributed by atoms with Gasteiger partial charge in [-0.2, -0.15) is 0 Å². The zero-order valence-corrected chi connectivity index (χ0v) is 9.54. The van der Waals surface area contributed by atoms with E-state index in [1.165, 1.54) is 5.56 Å². The molecule has 0 saturated heterocycles. The van der Waals surface area contributed by atoms with Gasteiger partial charge in [-0.05, 0) is 44.4 Å². The van der Waals surface area contributed by atoms with Crippen LogP contribution in [0.15, 0.2) is 22.6 Å². The Morgan fingerprint density at radius 1 is 1.25 bits per heavy atom. The topological polar surface area (TPSA) is 30.2 Å². The minimum absolute atomic E-state index is 0.174. The second-order valence-electron chi connectivity index (χ2n) is 4.75. The van der Waals surface area contributed by atoms with E-state index >= 15 is 0 Å². The minimum atomic E-state index is 0.174. The van der Waals surface area contributed by atoms with Gasteiger partial charge in [0.25, 0.3) is 0 Å². The molecule has 0 unspecified atom stereocenters. The molecule has 2 aromatic rings. The third-order valence-electron chi connectivity index (χ3n) is 3.14. The molecule has 2 heteroatoms. The Hall–Kier alpha value is -1.57. The van der Waals surface area contributed by atoms with E-state index in [1.54, 1.807) is 0 Å². The van der Waals surface area contributed by atoms with Gasteiger partial charge < -0.3 is 4.42 Å². The Balaban J connectivity index is 2.14. The first-order valence-electron chi connectivity index (χ1n) is 5.70. The molecule has 16 heavy (non-hydrogen) atoms. The maximum Gasteiger partial charge on any atom is 0.201 e. The van der Waals surface area contributed by atoms with Crippen LogP contribution in [0, 0.1) is 19.8 Å². The average Bonchev–Trinajstić information content (AvgIpc) is 2.97. The van der Waals surface area contributed by atoms with Gasteiger partial charge in [-0.25, -0.2) is 0 Å². The molecule has 0 spiro atoms. The van der Waals surface area contributed by atoms with Gasteiger partial charge in [0.05, 0.1) is 0 Å². The molecule has 2 nitrogen and oxygen atoms in total. The fourth-order valence-corrected chi connectivity index (χ4v) is 2.18. The van der Waals surface area contributed by atoms with Gasteiger partial charge >= 0.3 is 0 Å². The van der Waals surface area contributed by atoms with Crippen LogP contribution in [0.2, 0.25) is 0 Å². The molecule has 1 aromatic heterocycles. The number of ketones is 1. The van der Waals surface area contributed by atoms with Crippen molar-refractivity contribution in [3.63, 3.8) is 0 Å². The van der Waals surface area contributed by atoms with Gasteiger partial charge in [-0.1, -0.05) is 11.6 Å². The van der Waals surface area contributed by atoms with Gasteiger partial charge in [-0.15, -0.1) is 0 Å². The number of benzene rings is 1. The lowest BCUT2D eigenvalue weighted by Crippen LogP contribution is -1.98. The number of hydrogen-bond donors (Lipinski definition) is 0. The quantitative estimate of drug-likeness (QED) is 0.714. The average molecular weight is 214 g/mol. The lowest BCUT2D eigenvalue weighted by atomic mass is 10.1. The Kier molecular flexibility index (Phi) is 1.93. The highest BCUT2D eigenvalue weighted by molar-refractivity contribution is 6.00. The normalized spacial score (nSPS) is 15.6. The molecule has 0 atom stereocenters. The molecule has 3 rings (SSSR count). The SMILES string of the molecule is Cc1cc(C)c2oc(C(=O)C3CC3)cc2c1. The monoisotopic (exact) mass is 214 g/mol. The summed E-state index contributed by atoms with van der Waals surface area (Å²) in [5, 5.41) is 1.04. The highest BCUT2D eigenvalue weighted by atomic mass is 16.3. The van der Waals surface area contributed by atoms with Crippen molar-refractivity contribution in [1.29, 1.82) is 0 Å². The second kappa shape index (κ2) is 3.21. The van der Waals surface area contributed by atoms with Crippen LogP contribution in [0.3, 0.4) is 0 Å². The van der Waals surface area contributed by atoms with E-state index in [0.717, 1.165) is 29.4 Å². The third-order valence-corrected chi connectivity index (χ3v) is 3.14. The molecule has 82 valence electrons. The fraction of sp³-hybridized carbons (Fsp3) is 0.357. The molecular formula is C14H14O2. The van der Waals surface area contributed by atoms with E-state index in [1.807, 2.05) is 13.0 Å². The van der Waals surface area contributed by atoms with Crippen molar-refractivity contribution in [2.24, 2.45) is 5.92 Å². The van der Waals surface area contributed by atoms with Crippen molar-refractivity contribution in [2.75, 3.05) is 0 Å². The molecule has 0 amide bonds. The molecular weight excluding hydrogens is 200 g/mol. The van der Waals surface area contributed by atoms with Gasteiger partial charge in [0, 0.05) is 11.3 Å². The molecule has 1 aliphatic carbocycles. The number of carbonyl (C=O) groups excluding carboxylic acids is 1. The molecule has 1 aliphatic rings. The molecule has 0 N–H and O–H groups in total. The van der Waals surface area contributed by atoms with Crippen LogP contribution >= 0.6 is 0 Å². The molecule has 1 saturated carbocycles. The summed E-state index contributed by atoms with van der Waals surface area (Å²) in [6.07, 6.45) is 2.04. The van der Waals surface area contributed by atoms with E-state index in [-0.39, 0.29) is 11.7 Å². The first-order chi connectivity index (χ1) is 7.65. The summed E-state index contributed by atoms with van der Waals surface area (Å²) in [4.78, 5) is 11.9. The highest BCUT2D eigenvalue weighted by Crippen LogP contribution is 2.34. The van der Waals surface area contributed by atoms with Crippen LogP contribution in [0.5, 0.6) is 0 Å². The number of carbonyl (C=O) groups is 1. The molecule has 1 fully saturated rings. The summed E-state index contributed by atoms with van der Waals surface area (Å²) >= 11 is 0. The molecule has 0 bridgehead atoms. The molecule has 0 aliphatic heterocycles. The molecule has 1 heterocycles. The zero-order chi connectivity index (χ0) is 11.3. The van der Waals surface area contributed by atoms with Gasteiger partial charge in [-0.3, -0.25) is 4.79 Å². The predicted octanol–water partition coefficient (Wildman–Crippen LogP) is 3.64. The summed E-state index contributed by atoms with van der Waals surface area (Å²) in [5.41, 5.74) is 3.16. The number of rotatable bonds is 2. The van der Waals surface area contributed by atoms with Crippen molar-refractivity contribution >= 4 is 16.8 Å². The van der Waals surface area contributed by atoms with E-state index in [4.69, 9.17) is 4.42 Å². The summed E-state index contributed by atoms with van der Waals surface area (Å²) in [6.45, 7) is 4.08. The fourth-order valence-electron chi connectivity index (χ4n) is 2.18. The summed E-state index contributed by atoms with van der Waals surface area (Å²) in [6, 6.07) is 6.03. The van der Waals surface area contributed by atoms with Crippen LogP contribution in [-0.4, -0.2) is 5.78 Å². The maximum atomic E-state index is 11.9. The number of furan rings is 1. The largest absolute Gasteiger partial charge is 0.453 e. The summed E-state index contributed by atoms with van der Waals surface area (Å²) in [5.74, 6) is 0.932. The second-order valence-corrected chi connectivity index (χ2v) is 4.75. The van der Waals surface area contributed by atoms with Crippen LogP contribution < -0.4 is 0 Å². The smallest absolute Gasteiger partial charge is 0.201 e.